The number of hydrogen-bond donors (Lipinski definition) is 0. The SMILES string of the molecule is CO[C@H]1O[C@@H]2COC(c3ccccc3)O[C@H]2[C@H](OCc2ccccc2)[C@H]1OCc1ccc([N+](=O)[O-])cc1. The van der Waals surface area contributed by atoms with Crippen molar-refractivity contribution in [3.63, 3.8) is 0 Å². The van der Waals surface area contributed by atoms with E-state index in [-0.39, 0.29) is 12.3 Å². The van der Waals surface area contributed by atoms with Crippen LogP contribution in [0.1, 0.15) is 23.0 Å². The van der Waals surface area contributed by atoms with Crippen LogP contribution in [0.5, 0.6) is 0 Å². The van der Waals surface area contributed by atoms with Gasteiger partial charge in [0.15, 0.2) is 12.6 Å². The maximum atomic E-state index is 11.0. The summed E-state index contributed by atoms with van der Waals surface area (Å²) in [7, 11) is 1.55. The number of nitro benzene ring substituents is 1. The van der Waals surface area contributed by atoms with Crippen molar-refractivity contribution in [3.05, 3.63) is 112 Å². The van der Waals surface area contributed by atoms with Gasteiger partial charge in [-0.2, -0.15) is 0 Å². The molecule has 6 atom stereocenters. The quantitative estimate of drug-likeness (QED) is 0.307. The van der Waals surface area contributed by atoms with Crippen molar-refractivity contribution in [1.29, 1.82) is 0 Å². The molecule has 0 amide bonds. The second-order valence-electron chi connectivity index (χ2n) is 8.92. The molecule has 0 bridgehead atoms. The molecule has 0 spiro atoms. The summed E-state index contributed by atoms with van der Waals surface area (Å²) in [5, 5.41) is 11.0. The molecule has 37 heavy (non-hydrogen) atoms. The Balaban J connectivity index is 1.37. The number of hydrogen-bond acceptors (Lipinski definition) is 8. The third kappa shape index (κ3) is 6.04. The molecule has 2 heterocycles. The lowest BCUT2D eigenvalue weighted by atomic mass is 9.97. The number of non-ortho nitro benzene ring substituents is 1. The normalized spacial score (nSPS) is 27.4. The van der Waals surface area contributed by atoms with Gasteiger partial charge in [0.25, 0.3) is 5.69 Å². The van der Waals surface area contributed by atoms with Crippen LogP contribution >= 0.6 is 0 Å². The highest BCUT2D eigenvalue weighted by molar-refractivity contribution is 5.32. The largest absolute Gasteiger partial charge is 0.368 e. The average Bonchev–Trinajstić information content (AvgIpc) is 2.95. The van der Waals surface area contributed by atoms with Gasteiger partial charge in [0.05, 0.1) is 24.7 Å². The second kappa shape index (κ2) is 11.9. The summed E-state index contributed by atoms with van der Waals surface area (Å²) in [5.74, 6) is 0. The Morgan fingerprint density at radius 3 is 2.11 bits per heavy atom. The molecule has 0 aliphatic carbocycles. The predicted molar refractivity (Wildman–Crippen MR) is 132 cm³/mol. The molecule has 0 radical (unpaired) electrons. The van der Waals surface area contributed by atoms with E-state index in [0.29, 0.717) is 13.2 Å². The lowest BCUT2D eigenvalue weighted by molar-refractivity contribution is -0.384. The Morgan fingerprint density at radius 2 is 1.46 bits per heavy atom. The van der Waals surface area contributed by atoms with Gasteiger partial charge in [-0.1, -0.05) is 60.7 Å². The third-order valence-corrected chi connectivity index (χ3v) is 6.46. The van der Waals surface area contributed by atoms with Crippen LogP contribution in [0.3, 0.4) is 0 Å². The topological polar surface area (TPSA) is 98.5 Å². The van der Waals surface area contributed by atoms with Crippen molar-refractivity contribution in [2.24, 2.45) is 0 Å². The van der Waals surface area contributed by atoms with Crippen molar-refractivity contribution < 1.29 is 33.3 Å². The maximum Gasteiger partial charge on any atom is 0.269 e. The summed E-state index contributed by atoms with van der Waals surface area (Å²) in [4.78, 5) is 10.6. The molecule has 1 unspecified atom stereocenters. The van der Waals surface area contributed by atoms with E-state index in [9.17, 15) is 10.1 Å². The van der Waals surface area contributed by atoms with E-state index in [1.54, 1.807) is 19.2 Å². The van der Waals surface area contributed by atoms with E-state index >= 15 is 0 Å². The van der Waals surface area contributed by atoms with Crippen LogP contribution < -0.4 is 0 Å². The van der Waals surface area contributed by atoms with Crippen LogP contribution in [0.2, 0.25) is 0 Å². The Labute approximate surface area is 215 Å². The molecule has 2 fully saturated rings. The number of methoxy groups -OCH3 is 1. The fraction of sp³-hybridized carbons (Fsp3) is 0.357. The minimum Gasteiger partial charge on any atom is -0.368 e. The summed E-state index contributed by atoms with van der Waals surface area (Å²) in [6.45, 7) is 0.847. The summed E-state index contributed by atoms with van der Waals surface area (Å²) < 4.78 is 37.0. The van der Waals surface area contributed by atoms with Crippen LogP contribution in [-0.2, 0) is 41.6 Å². The second-order valence-corrected chi connectivity index (χ2v) is 8.92. The fourth-order valence-corrected chi connectivity index (χ4v) is 4.55. The molecule has 0 saturated carbocycles. The number of fused-ring (bicyclic) bond motifs is 1. The van der Waals surface area contributed by atoms with Crippen molar-refractivity contribution in [2.75, 3.05) is 13.7 Å². The van der Waals surface area contributed by atoms with E-state index in [1.165, 1.54) is 12.1 Å². The van der Waals surface area contributed by atoms with Crippen LogP contribution in [0.15, 0.2) is 84.9 Å². The number of ether oxygens (including phenoxy) is 6. The molecule has 3 aromatic carbocycles. The predicted octanol–water partition coefficient (Wildman–Crippen LogP) is 4.55. The molecule has 3 aromatic rings. The molecule has 5 rings (SSSR count). The van der Waals surface area contributed by atoms with Gasteiger partial charge in [0, 0.05) is 24.8 Å². The molecular formula is C28H29NO8. The van der Waals surface area contributed by atoms with Crippen LogP contribution in [-0.4, -0.2) is 49.3 Å². The van der Waals surface area contributed by atoms with Crippen LogP contribution in [0.4, 0.5) is 5.69 Å². The first-order chi connectivity index (χ1) is 18.1. The van der Waals surface area contributed by atoms with Gasteiger partial charge in [0.1, 0.15) is 24.4 Å². The first-order valence-electron chi connectivity index (χ1n) is 12.1. The lowest BCUT2D eigenvalue weighted by Gasteiger charge is -2.48. The van der Waals surface area contributed by atoms with Gasteiger partial charge in [-0.15, -0.1) is 0 Å². The van der Waals surface area contributed by atoms with Gasteiger partial charge in [-0.3, -0.25) is 10.1 Å². The van der Waals surface area contributed by atoms with E-state index < -0.39 is 41.9 Å². The molecule has 2 aliphatic heterocycles. The highest BCUT2D eigenvalue weighted by Gasteiger charge is 2.51. The van der Waals surface area contributed by atoms with E-state index in [4.69, 9.17) is 28.4 Å². The van der Waals surface area contributed by atoms with Crippen LogP contribution in [0, 0.1) is 10.1 Å². The number of rotatable bonds is 9. The first kappa shape index (κ1) is 25.5. The van der Waals surface area contributed by atoms with Gasteiger partial charge in [-0.25, -0.2) is 0 Å². The summed E-state index contributed by atoms with van der Waals surface area (Å²) in [5.41, 5.74) is 2.72. The Hall–Kier alpha value is -3.18. The number of benzene rings is 3. The Bertz CT molecular complexity index is 1140. The third-order valence-electron chi connectivity index (χ3n) is 6.46. The summed E-state index contributed by atoms with van der Waals surface area (Å²) in [6.07, 6.45) is -3.33. The Morgan fingerprint density at radius 1 is 0.838 bits per heavy atom. The standard InChI is InChI=1S/C28H29NO8/c1-32-28-26(34-17-20-12-14-22(15-13-20)29(30)31)25(33-16-19-8-4-2-5-9-19)24-23(36-28)18-35-27(37-24)21-10-6-3-7-11-21/h2-15,23-28H,16-18H2,1H3/t23-,24-,25+,26-,27?,28+/m1/s1. The fourth-order valence-electron chi connectivity index (χ4n) is 4.55. The summed E-state index contributed by atoms with van der Waals surface area (Å²) >= 11 is 0. The minimum absolute atomic E-state index is 0.0222. The van der Waals surface area contributed by atoms with Gasteiger partial charge in [0.2, 0.25) is 0 Å². The molecule has 2 aliphatic rings. The highest BCUT2D eigenvalue weighted by Crippen LogP contribution is 2.37. The maximum absolute atomic E-state index is 11.0. The van der Waals surface area contributed by atoms with Gasteiger partial charge >= 0.3 is 0 Å². The molecule has 2 saturated heterocycles. The number of nitro groups is 1. The molecule has 0 aromatic heterocycles. The van der Waals surface area contributed by atoms with E-state index in [2.05, 4.69) is 0 Å². The van der Waals surface area contributed by atoms with Crippen molar-refractivity contribution >= 4 is 5.69 Å². The smallest absolute Gasteiger partial charge is 0.269 e. The van der Waals surface area contributed by atoms with Crippen molar-refractivity contribution in [1.82, 2.24) is 0 Å². The van der Waals surface area contributed by atoms with Crippen LogP contribution in [0.25, 0.3) is 0 Å². The zero-order chi connectivity index (χ0) is 25.6. The highest BCUT2D eigenvalue weighted by atomic mass is 16.8. The van der Waals surface area contributed by atoms with Gasteiger partial charge in [-0.05, 0) is 23.3 Å². The molecule has 194 valence electrons. The minimum atomic E-state index is -0.722. The van der Waals surface area contributed by atoms with Crippen molar-refractivity contribution in [3.8, 4) is 0 Å². The molecular weight excluding hydrogens is 478 g/mol. The van der Waals surface area contributed by atoms with Gasteiger partial charge < -0.3 is 28.4 Å². The average molecular weight is 508 g/mol. The summed E-state index contributed by atoms with van der Waals surface area (Å²) in [6, 6.07) is 25.8. The molecule has 9 heteroatoms. The molecule has 0 N–H and O–H groups in total. The monoisotopic (exact) mass is 507 g/mol. The van der Waals surface area contributed by atoms with E-state index in [0.717, 1.165) is 16.7 Å². The van der Waals surface area contributed by atoms with Crippen molar-refractivity contribution in [2.45, 2.75) is 50.2 Å². The van der Waals surface area contributed by atoms with E-state index in [1.807, 2.05) is 60.7 Å². The zero-order valence-corrected chi connectivity index (χ0v) is 20.4. The molecule has 9 nitrogen and oxygen atoms in total. The Kier molecular flexibility index (Phi) is 8.20. The number of nitrogens with zero attached hydrogens (tertiary/aromatic N) is 1. The lowest BCUT2D eigenvalue weighted by Crippen LogP contribution is -2.63. The first-order valence-corrected chi connectivity index (χ1v) is 12.1. The zero-order valence-electron chi connectivity index (χ0n) is 20.4.